The summed E-state index contributed by atoms with van der Waals surface area (Å²) < 4.78 is 4.10. The van der Waals surface area contributed by atoms with Crippen molar-refractivity contribution in [3.05, 3.63) is 17.7 Å². The molecular weight excluding hydrogens is 262 g/mol. The Morgan fingerprint density at radius 1 is 1.33 bits per heavy atom. The van der Waals surface area contributed by atoms with Gasteiger partial charge >= 0.3 is 0 Å². The molecular formula is C16H25N5. The van der Waals surface area contributed by atoms with Crippen molar-refractivity contribution in [2.75, 3.05) is 5.73 Å². The van der Waals surface area contributed by atoms with Gasteiger partial charge < -0.3 is 10.3 Å². The lowest BCUT2D eigenvalue weighted by Gasteiger charge is -2.08. The lowest BCUT2D eigenvalue weighted by atomic mass is 10.1. The van der Waals surface area contributed by atoms with Crippen LogP contribution in [0.3, 0.4) is 0 Å². The molecule has 0 aromatic carbocycles. The van der Waals surface area contributed by atoms with Gasteiger partial charge in [0.1, 0.15) is 17.3 Å². The third-order valence-corrected chi connectivity index (χ3v) is 4.21. The first-order valence-corrected chi connectivity index (χ1v) is 8.04. The number of nitrogen functional groups attached to an aromatic ring is 1. The van der Waals surface area contributed by atoms with Crippen molar-refractivity contribution in [1.29, 1.82) is 0 Å². The fourth-order valence-corrected chi connectivity index (χ4v) is 2.88. The Morgan fingerprint density at radius 3 is 2.71 bits per heavy atom. The van der Waals surface area contributed by atoms with Crippen LogP contribution in [0, 0.1) is 0 Å². The van der Waals surface area contributed by atoms with Crippen molar-refractivity contribution in [3.8, 4) is 11.3 Å². The van der Waals surface area contributed by atoms with Crippen LogP contribution in [0.5, 0.6) is 0 Å². The molecule has 0 amide bonds. The SMILES string of the molecule is CCCCn1c(C2CC2)nc(-c2cn(C)nc2CC)c1N. The Labute approximate surface area is 126 Å². The first-order chi connectivity index (χ1) is 10.2. The van der Waals surface area contributed by atoms with Gasteiger partial charge in [0, 0.05) is 31.3 Å². The molecule has 5 nitrogen and oxygen atoms in total. The molecule has 0 atom stereocenters. The molecule has 3 rings (SSSR count). The van der Waals surface area contributed by atoms with Crippen molar-refractivity contribution < 1.29 is 0 Å². The fraction of sp³-hybridized carbons (Fsp3) is 0.625. The molecule has 1 aliphatic carbocycles. The van der Waals surface area contributed by atoms with Gasteiger partial charge in [0.15, 0.2) is 0 Å². The largest absolute Gasteiger partial charge is 0.383 e. The van der Waals surface area contributed by atoms with Crippen molar-refractivity contribution in [1.82, 2.24) is 19.3 Å². The molecule has 1 saturated carbocycles. The summed E-state index contributed by atoms with van der Waals surface area (Å²) in [6.07, 6.45) is 7.75. The van der Waals surface area contributed by atoms with Gasteiger partial charge in [-0.15, -0.1) is 0 Å². The second kappa shape index (κ2) is 5.54. The highest BCUT2D eigenvalue weighted by Gasteiger charge is 2.31. The van der Waals surface area contributed by atoms with E-state index in [1.165, 1.54) is 25.1 Å². The van der Waals surface area contributed by atoms with Gasteiger partial charge in [0.05, 0.1) is 5.69 Å². The average molecular weight is 287 g/mol. The zero-order valence-electron chi connectivity index (χ0n) is 13.3. The lowest BCUT2D eigenvalue weighted by Crippen LogP contribution is -2.06. The number of imidazole rings is 1. The van der Waals surface area contributed by atoms with Crippen LogP contribution in [0.1, 0.15) is 57.0 Å². The number of rotatable bonds is 6. The normalized spacial score (nSPS) is 14.8. The zero-order valence-corrected chi connectivity index (χ0v) is 13.3. The Balaban J connectivity index is 2.05. The summed E-state index contributed by atoms with van der Waals surface area (Å²) in [5, 5.41) is 4.52. The van der Waals surface area contributed by atoms with Crippen LogP contribution in [0.15, 0.2) is 6.20 Å². The molecule has 0 radical (unpaired) electrons. The Bertz CT molecular complexity index is 633. The van der Waals surface area contributed by atoms with Gasteiger partial charge in [-0.3, -0.25) is 4.68 Å². The first kappa shape index (κ1) is 14.2. The Kier molecular flexibility index (Phi) is 3.74. The zero-order chi connectivity index (χ0) is 15.0. The van der Waals surface area contributed by atoms with E-state index in [2.05, 4.69) is 23.5 Å². The maximum atomic E-state index is 6.44. The minimum atomic E-state index is 0.611. The maximum Gasteiger partial charge on any atom is 0.131 e. The number of aryl methyl sites for hydroxylation is 2. The molecule has 0 unspecified atom stereocenters. The molecule has 0 saturated heterocycles. The van der Waals surface area contributed by atoms with E-state index in [0.29, 0.717) is 5.92 Å². The third-order valence-electron chi connectivity index (χ3n) is 4.21. The van der Waals surface area contributed by atoms with Crippen LogP contribution in [-0.2, 0) is 20.0 Å². The van der Waals surface area contributed by atoms with Crippen molar-refractivity contribution in [3.63, 3.8) is 0 Å². The second-order valence-electron chi connectivity index (χ2n) is 6.00. The summed E-state index contributed by atoms with van der Waals surface area (Å²) in [6.45, 7) is 5.31. The Hall–Kier alpha value is -1.78. The van der Waals surface area contributed by atoms with E-state index < -0.39 is 0 Å². The van der Waals surface area contributed by atoms with E-state index in [4.69, 9.17) is 10.7 Å². The molecule has 1 fully saturated rings. The average Bonchev–Trinajstić information content (AvgIpc) is 3.17. The molecule has 114 valence electrons. The summed E-state index contributed by atoms with van der Waals surface area (Å²) in [5.41, 5.74) is 9.54. The van der Waals surface area contributed by atoms with Gasteiger partial charge in [-0.25, -0.2) is 4.98 Å². The fourth-order valence-electron chi connectivity index (χ4n) is 2.88. The highest BCUT2D eigenvalue weighted by Crippen LogP contribution is 2.42. The van der Waals surface area contributed by atoms with E-state index in [0.717, 1.165) is 42.2 Å². The number of anilines is 1. The third kappa shape index (κ3) is 2.57. The van der Waals surface area contributed by atoms with Crippen LogP contribution >= 0.6 is 0 Å². The van der Waals surface area contributed by atoms with E-state index >= 15 is 0 Å². The number of aromatic nitrogens is 4. The summed E-state index contributed by atoms with van der Waals surface area (Å²) in [7, 11) is 1.95. The van der Waals surface area contributed by atoms with Gasteiger partial charge in [-0.05, 0) is 25.7 Å². The van der Waals surface area contributed by atoms with Gasteiger partial charge in [-0.2, -0.15) is 5.10 Å². The summed E-state index contributed by atoms with van der Waals surface area (Å²) in [6, 6.07) is 0. The molecule has 2 aromatic rings. The molecule has 0 aliphatic heterocycles. The maximum absolute atomic E-state index is 6.44. The summed E-state index contributed by atoms with van der Waals surface area (Å²) >= 11 is 0. The van der Waals surface area contributed by atoms with Crippen molar-refractivity contribution in [2.24, 2.45) is 7.05 Å². The first-order valence-electron chi connectivity index (χ1n) is 8.04. The van der Waals surface area contributed by atoms with Crippen LogP contribution in [-0.4, -0.2) is 19.3 Å². The summed E-state index contributed by atoms with van der Waals surface area (Å²) in [4.78, 5) is 4.90. The van der Waals surface area contributed by atoms with E-state index in [9.17, 15) is 0 Å². The van der Waals surface area contributed by atoms with E-state index in [-0.39, 0.29) is 0 Å². The minimum absolute atomic E-state index is 0.611. The van der Waals surface area contributed by atoms with Gasteiger partial charge in [-0.1, -0.05) is 20.3 Å². The highest BCUT2D eigenvalue weighted by molar-refractivity contribution is 5.72. The molecule has 0 spiro atoms. The Morgan fingerprint density at radius 2 is 2.10 bits per heavy atom. The predicted molar refractivity (Wildman–Crippen MR) is 85.1 cm³/mol. The second-order valence-corrected chi connectivity index (χ2v) is 6.00. The van der Waals surface area contributed by atoms with Crippen LogP contribution < -0.4 is 5.73 Å². The van der Waals surface area contributed by atoms with Crippen LogP contribution in [0.2, 0.25) is 0 Å². The topological polar surface area (TPSA) is 61.7 Å². The van der Waals surface area contributed by atoms with Crippen LogP contribution in [0.4, 0.5) is 5.82 Å². The van der Waals surface area contributed by atoms with E-state index in [1.54, 1.807) is 0 Å². The number of hydrogen-bond acceptors (Lipinski definition) is 3. The van der Waals surface area contributed by atoms with E-state index in [1.807, 2.05) is 17.9 Å². The molecule has 2 aromatic heterocycles. The molecule has 5 heteroatoms. The van der Waals surface area contributed by atoms with Crippen molar-refractivity contribution in [2.45, 2.75) is 58.4 Å². The number of hydrogen-bond donors (Lipinski definition) is 1. The van der Waals surface area contributed by atoms with Crippen molar-refractivity contribution >= 4 is 5.82 Å². The van der Waals surface area contributed by atoms with Gasteiger partial charge in [0.2, 0.25) is 0 Å². The lowest BCUT2D eigenvalue weighted by molar-refractivity contribution is 0.609. The standard InChI is InChI=1S/C16H25N5/c1-4-6-9-21-15(17)14(18-16(21)11-7-8-11)12-10-20(3)19-13(12)5-2/h10-11H,4-9,17H2,1-3H3. The molecule has 2 N–H and O–H groups in total. The molecule has 1 aliphatic rings. The highest BCUT2D eigenvalue weighted by atomic mass is 15.3. The number of unbranched alkanes of at least 4 members (excludes halogenated alkanes) is 1. The predicted octanol–water partition coefficient (Wildman–Crippen LogP) is 3.11. The quantitative estimate of drug-likeness (QED) is 0.888. The molecule has 2 heterocycles. The smallest absolute Gasteiger partial charge is 0.131 e. The molecule has 21 heavy (non-hydrogen) atoms. The molecule has 0 bridgehead atoms. The number of nitrogens with zero attached hydrogens (tertiary/aromatic N) is 4. The number of nitrogens with two attached hydrogens (primary N) is 1. The minimum Gasteiger partial charge on any atom is -0.383 e. The van der Waals surface area contributed by atoms with Crippen LogP contribution in [0.25, 0.3) is 11.3 Å². The van der Waals surface area contributed by atoms with Gasteiger partial charge in [0.25, 0.3) is 0 Å². The summed E-state index contributed by atoms with van der Waals surface area (Å²) in [5.74, 6) is 2.61. The monoisotopic (exact) mass is 287 g/mol.